The van der Waals surface area contributed by atoms with Crippen LogP contribution in [0.1, 0.15) is 12.5 Å². The fourth-order valence-corrected chi connectivity index (χ4v) is 4.19. The average molecular weight is 487 g/mol. The van der Waals surface area contributed by atoms with Crippen molar-refractivity contribution in [1.29, 1.82) is 0 Å². The molecule has 1 saturated heterocycles. The van der Waals surface area contributed by atoms with Crippen molar-refractivity contribution in [3.8, 4) is 11.5 Å². The van der Waals surface area contributed by atoms with Crippen LogP contribution >= 0.6 is 0 Å². The second-order valence-corrected chi connectivity index (χ2v) is 8.63. The predicted molar refractivity (Wildman–Crippen MR) is 132 cm³/mol. The van der Waals surface area contributed by atoms with Gasteiger partial charge in [0.05, 0.1) is 11.9 Å². The van der Waals surface area contributed by atoms with Crippen molar-refractivity contribution in [2.45, 2.75) is 19.9 Å². The number of nitrogens with zero attached hydrogens (tertiary/aromatic N) is 8. The van der Waals surface area contributed by atoms with Gasteiger partial charge >= 0.3 is 0 Å². The van der Waals surface area contributed by atoms with Gasteiger partial charge in [0.2, 0.25) is 5.95 Å². The minimum atomic E-state index is -0.451. The maximum Gasteiger partial charge on any atom is 0.226 e. The maximum atomic E-state index is 15.4. The molecule has 36 heavy (non-hydrogen) atoms. The van der Waals surface area contributed by atoms with E-state index in [1.54, 1.807) is 48.1 Å². The lowest BCUT2D eigenvalue weighted by molar-refractivity contribution is 0.471. The molecule has 0 spiro atoms. The van der Waals surface area contributed by atoms with Gasteiger partial charge in [-0.25, -0.2) is 33.8 Å². The third-order valence-corrected chi connectivity index (χ3v) is 6.09. The monoisotopic (exact) mass is 486 g/mol. The van der Waals surface area contributed by atoms with Gasteiger partial charge in [-0.3, -0.25) is 0 Å². The summed E-state index contributed by atoms with van der Waals surface area (Å²) in [6.07, 6.45) is 6.27. The lowest BCUT2D eigenvalue weighted by atomic mass is 10.1. The van der Waals surface area contributed by atoms with E-state index in [0.29, 0.717) is 51.6 Å². The molecule has 5 heterocycles. The Hall–Kier alpha value is -4.45. The summed E-state index contributed by atoms with van der Waals surface area (Å²) in [6, 6.07) is 7.13. The second-order valence-electron chi connectivity index (χ2n) is 8.63. The van der Waals surface area contributed by atoms with E-state index < -0.39 is 5.82 Å². The molecule has 5 aromatic rings. The highest BCUT2D eigenvalue weighted by Crippen LogP contribution is 2.33. The van der Waals surface area contributed by atoms with Gasteiger partial charge in [0.15, 0.2) is 17.3 Å². The molecule has 11 nitrogen and oxygen atoms in total. The van der Waals surface area contributed by atoms with E-state index in [1.807, 2.05) is 0 Å². The fourth-order valence-electron chi connectivity index (χ4n) is 4.19. The van der Waals surface area contributed by atoms with Crippen LogP contribution in [0.2, 0.25) is 0 Å². The SMILES string of the molecule is Cc1c(Oc2ccn3ncnc3c2)ccc(Nc2ncnc3cnc(N4CCN[C@H](C)C4)nc23)c1F. The zero-order valence-corrected chi connectivity index (χ0v) is 19.7. The van der Waals surface area contributed by atoms with Crippen molar-refractivity contribution in [3.05, 3.63) is 60.7 Å². The molecule has 2 N–H and O–H groups in total. The van der Waals surface area contributed by atoms with Gasteiger partial charge in [-0.2, -0.15) is 5.10 Å². The number of hydrogen-bond donors (Lipinski definition) is 2. The number of piperazine rings is 1. The quantitative estimate of drug-likeness (QED) is 0.383. The molecule has 4 aromatic heterocycles. The van der Waals surface area contributed by atoms with Crippen LogP contribution in [0.5, 0.6) is 11.5 Å². The van der Waals surface area contributed by atoms with Gasteiger partial charge in [0.25, 0.3) is 0 Å². The molecule has 1 aliphatic heterocycles. The van der Waals surface area contributed by atoms with Crippen LogP contribution < -0.4 is 20.3 Å². The van der Waals surface area contributed by atoms with E-state index >= 15 is 4.39 Å². The van der Waals surface area contributed by atoms with E-state index in [2.05, 4.69) is 47.5 Å². The highest BCUT2D eigenvalue weighted by molar-refractivity contribution is 5.87. The Morgan fingerprint density at radius 1 is 1.14 bits per heavy atom. The molecule has 1 aliphatic rings. The first-order valence-electron chi connectivity index (χ1n) is 11.5. The van der Waals surface area contributed by atoms with Crippen LogP contribution in [0.3, 0.4) is 0 Å². The number of nitrogens with one attached hydrogen (secondary N) is 2. The highest BCUT2D eigenvalue weighted by Gasteiger charge is 2.20. The summed E-state index contributed by atoms with van der Waals surface area (Å²) in [5, 5.41) is 10.6. The van der Waals surface area contributed by atoms with Crippen molar-refractivity contribution in [2.75, 3.05) is 29.9 Å². The third-order valence-electron chi connectivity index (χ3n) is 6.09. The molecule has 0 aliphatic carbocycles. The Bertz CT molecular complexity index is 1570. The van der Waals surface area contributed by atoms with Gasteiger partial charge in [0, 0.05) is 43.5 Å². The summed E-state index contributed by atoms with van der Waals surface area (Å²) in [4.78, 5) is 24.1. The first-order chi connectivity index (χ1) is 17.5. The molecule has 1 atom stereocenters. The molecular weight excluding hydrogens is 463 g/mol. The van der Waals surface area contributed by atoms with Crippen molar-refractivity contribution in [1.82, 2.24) is 39.9 Å². The molecule has 0 bridgehead atoms. The predicted octanol–water partition coefficient (Wildman–Crippen LogP) is 3.24. The zero-order chi connectivity index (χ0) is 24.6. The smallest absolute Gasteiger partial charge is 0.226 e. The highest BCUT2D eigenvalue weighted by atomic mass is 19.1. The number of benzene rings is 1. The summed E-state index contributed by atoms with van der Waals surface area (Å²) >= 11 is 0. The summed E-state index contributed by atoms with van der Waals surface area (Å²) in [5.74, 6) is 1.47. The van der Waals surface area contributed by atoms with Crippen LogP contribution in [0.25, 0.3) is 16.7 Å². The van der Waals surface area contributed by atoms with Crippen molar-refractivity contribution in [3.63, 3.8) is 0 Å². The normalized spacial score (nSPS) is 16.0. The van der Waals surface area contributed by atoms with Crippen molar-refractivity contribution >= 4 is 34.1 Å². The van der Waals surface area contributed by atoms with Gasteiger partial charge in [-0.05, 0) is 32.0 Å². The van der Waals surface area contributed by atoms with Crippen LogP contribution in [-0.2, 0) is 0 Å². The summed E-state index contributed by atoms with van der Waals surface area (Å²) in [6.45, 7) is 6.22. The van der Waals surface area contributed by atoms with Crippen molar-refractivity contribution in [2.24, 2.45) is 0 Å². The molecule has 0 unspecified atom stereocenters. The largest absolute Gasteiger partial charge is 0.457 e. The van der Waals surface area contributed by atoms with E-state index in [4.69, 9.17) is 9.72 Å². The molecule has 1 aromatic carbocycles. The van der Waals surface area contributed by atoms with Gasteiger partial charge < -0.3 is 20.3 Å². The molecule has 0 amide bonds. The summed E-state index contributed by atoms with van der Waals surface area (Å²) in [5.41, 5.74) is 2.33. The molecule has 1 fully saturated rings. The Balaban J connectivity index is 1.29. The van der Waals surface area contributed by atoms with Gasteiger partial charge in [0.1, 0.15) is 35.2 Å². The van der Waals surface area contributed by atoms with Crippen LogP contribution in [-0.4, -0.2) is 60.2 Å². The number of aromatic nitrogens is 7. The first kappa shape index (κ1) is 22.0. The van der Waals surface area contributed by atoms with Gasteiger partial charge in [-0.1, -0.05) is 0 Å². The summed E-state index contributed by atoms with van der Waals surface area (Å²) in [7, 11) is 0. The van der Waals surface area contributed by atoms with E-state index in [-0.39, 0.29) is 5.69 Å². The number of hydrogen-bond acceptors (Lipinski definition) is 10. The Morgan fingerprint density at radius 2 is 2.06 bits per heavy atom. The minimum Gasteiger partial charge on any atom is -0.457 e. The Labute approximate surface area is 205 Å². The topological polar surface area (TPSA) is 118 Å². The Morgan fingerprint density at radius 3 is 2.94 bits per heavy atom. The lowest BCUT2D eigenvalue weighted by Crippen LogP contribution is -2.49. The second kappa shape index (κ2) is 8.96. The Kier molecular flexibility index (Phi) is 5.49. The lowest BCUT2D eigenvalue weighted by Gasteiger charge is -2.31. The van der Waals surface area contributed by atoms with Crippen LogP contribution in [0, 0.1) is 12.7 Å². The van der Waals surface area contributed by atoms with E-state index in [0.717, 1.165) is 19.6 Å². The van der Waals surface area contributed by atoms with Crippen LogP contribution in [0.4, 0.5) is 21.8 Å². The number of ether oxygens (including phenoxy) is 1. The molecular formula is C24H23FN10O. The number of anilines is 3. The fraction of sp³-hybridized carbons (Fsp3) is 0.250. The minimum absolute atomic E-state index is 0.253. The number of pyridine rings is 1. The van der Waals surface area contributed by atoms with E-state index in [9.17, 15) is 0 Å². The molecule has 182 valence electrons. The summed E-state index contributed by atoms with van der Waals surface area (Å²) < 4.78 is 23.0. The number of halogens is 1. The van der Waals surface area contributed by atoms with Gasteiger partial charge in [-0.15, -0.1) is 0 Å². The molecule has 0 saturated carbocycles. The zero-order valence-electron chi connectivity index (χ0n) is 19.7. The molecule has 6 rings (SSSR count). The third kappa shape index (κ3) is 4.11. The number of fused-ring (bicyclic) bond motifs is 2. The average Bonchev–Trinajstić information content (AvgIpc) is 3.36. The van der Waals surface area contributed by atoms with E-state index in [1.165, 1.54) is 12.7 Å². The van der Waals surface area contributed by atoms with Crippen molar-refractivity contribution < 1.29 is 9.13 Å². The first-order valence-corrected chi connectivity index (χ1v) is 11.5. The molecule has 12 heteroatoms. The molecule has 0 radical (unpaired) electrons. The number of rotatable bonds is 5. The standard InChI is InChI=1S/C24H23FN10O/c1-14-11-34(8-6-26-14)24-27-10-18-22(33-24)23(30-12-28-18)32-17-3-4-19(15(2)21(17)25)36-16-5-7-35-20(9-16)29-13-31-35/h3-5,7,9-10,12-14,26H,6,8,11H2,1-2H3,(H,28,30,32)/t14-/m1/s1. The maximum absolute atomic E-state index is 15.4. The van der Waals surface area contributed by atoms with Crippen LogP contribution in [0.15, 0.2) is 49.3 Å².